The molecule has 2 bridgehead atoms. The van der Waals surface area contributed by atoms with E-state index in [1.54, 1.807) is 19.1 Å². The third-order valence-corrected chi connectivity index (χ3v) is 9.99. The zero-order chi connectivity index (χ0) is 19.4. The van der Waals surface area contributed by atoms with Crippen molar-refractivity contribution in [2.75, 3.05) is 4.90 Å². The summed E-state index contributed by atoms with van der Waals surface area (Å²) in [6.45, 7) is 1.80. The molecule has 0 radical (unpaired) electrons. The van der Waals surface area contributed by atoms with Crippen molar-refractivity contribution >= 4 is 98.7 Å². The van der Waals surface area contributed by atoms with Crippen LogP contribution >= 0.6 is 81.2 Å². The van der Waals surface area contributed by atoms with Crippen molar-refractivity contribution in [3.63, 3.8) is 0 Å². The molecule has 3 nitrogen and oxygen atoms in total. The van der Waals surface area contributed by atoms with Gasteiger partial charge in [0.25, 0.3) is 0 Å². The van der Waals surface area contributed by atoms with Crippen molar-refractivity contribution in [3.05, 3.63) is 38.8 Å². The minimum absolute atomic E-state index is 0.118. The van der Waals surface area contributed by atoms with Crippen LogP contribution in [0.5, 0.6) is 0 Å². The Bertz CT molecular complexity index is 883. The van der Waals surface area contributed by atoms with Gasteiger partial charge in [-0.2, -0.15) is 0 Å². The van der Waals surface area contributed by atoms with Crippen LogP contribution in [0, 0.1) is 18.8 Å². The number of anilines is 1. The Balaban J connectivity index is 1.90. The number of alkyl halides is 4. The minimum Gasteiger partial charge on any atom is -0.274 e. The number of carbonyl (C=O) groups is 2. The van der Waals surface area contributed by atoms with Gasteiger partial charge in [0.05, 0.1) is 27.6 Å². The van der Waals surface area contributed by atoms with Crippen LogP contribution in [0.15, 0.2) is 28.3 Å². The number of imide groups is 1. The molecule has 2 amide bonds. The number of hydrogen-bond acceptors (Lipinski definition) is 2. The molecule has 0 N–H and O–H groups in total. The van der Waals surface area contributed by atoms with E-state index in [-0.39, 0.29) is 10.1 Å². The fourth-order valence-electron chi connectivity index (χ4n) is 3.97. The summed E-state index contributed by atoms with van der Waals surface area (Å²) in [6.07, 6.45) is 0. The maximum Gasteiger partial charge on any atom is 0.240 e. The number of benzene rings is 1. The molecule has 1 heterocycles. The van der Waals surface area contributed by atoms with Gasteiger partial charge in [-0.05, 0) is 24.6 Å². The molecule has 1 aromatic carbocycles. The minimum atomic E-state index is -1.94. The summed E-state index contributed by atoms with van der Waals surface area (Å²) >= 11 is 44.8. The molecule has 26 heavy (non-hydrogen) atoms. The van der Waals surface area contributed by atoms with Crippen molar-refractivity contribution in [2.45, 2.75) is 21.0 Å². The lowest BCUT2D eigenvalue weighted by Gasteiger charge is -2.34. The van der Waals surface area contributed by atoms with Crippen molar-refractivity contribution in [2.24, 2.45) is 11.8 Å². The van der Waals surface area contributed by atoms with E-state index < -0.39 is 37.7 Å². The molecule has 1 saturated carbocycles. The molecule has 1 saturated heterocycles. The molecular formula is C16H8Cl7NO2. The zero-order valence-corrected chi connectivity index (χ0v) is 18.1. The van der Waals surface area contributed by atoms with Gasteiger partial charge >= 0.3 is 0 Å². The van der Waals surface area contributed by atoms with E-state index in [1.165, 1.54) is 6.07 Å². The lowest BCUT2D eigenvalue weighted by Crippen LogP contribution is -2.50. The molecule has 1 aliphatic heterocycles. The third-order valence-electron chi connectivity index (χ3n) is 5.32. The Morgan fingerprint density at radius 2 is 1.35 bits per heavy atom. The predicted octanol–water partition coefficient (Wildman–Crippen LogP) is 5.60. The molecule has 3 aliphatic rings. The molecule has 0 aromatic heterocycles. The van der Waals surface area contributed by atoms with Crippen LogP contribution in [0.4, 0.5) is 5.69 Å². The molecule has 0 unspecified atom stereocenters. The lowest BCUT2D eigenvalue weighted by atomic mass is 9.84. The van der Waals surface area contributed by atoms with Crippen molar-refractivity contribution < 1.29 is 9.59 Å². The van der Waals surface area contributed by atoms with Crippen LogP contribution in [0.25, 0.3) is 0 Å². The average Bonchev–Trinajstić information content (AvgIpc) is 2.95. The van der Waals surface area contributed by atoms with E-state index in [9.17, 15) is 9.59 Å². The number of aryl methyl sites for hydroxylation is 1. The van der Waals surface area contributed by atoms with Crippen LogP contribution in [0.1, 0.15) is 5.56 Å². The molecule has 4 rings (SSSR count). The van der Waals surface area contributed by atoms with E-state index in [1.807, 2.05) is 0 Å². The van der Waals surface area contributed by atoms with Gasteiger partial charge in [0.1, 0.15) is 9.75 Å². The fourth-order valence-corrected chi connectivity index (χ4v) is 7.07. The largest absolute Gasteiger partial charge is 0.274 e. The Labute approximate surface area is 184 Å². The van der Waals surface area contributed by atoms with Crippen LogP contribution < -0.4 is 4.90 Å². The highest BCUT2D eigenvalue weighted by Crippen LogP contribution is 2.77. The van der Waals surface area contributed by atoms with E-state index >= 15 is 0 Å². The Morgan fingerprint density at radius 3 is 1.77 bits per heavy atom. The van der Waals surface area contributed by atoms with Crippen LogP contribution in [-0.2, 0) is 9.59 Å². The van der Waals surface area contributed by atoms with Gasteiger partial charge in [0.15, 0.2) is 4.33 Å². The van der Waals surface area contributed by atoms with Crippen molar-refractivity contribution in [1.29, 1.82) is 0 Å². The number of rotatable bonds is 1. The Morgan fingerprint density at radius 1 is 0.885 bits per heavy atom. The predicted molar refractivity (Wildman–Crippen MR) is 106 cm³/mol. The summed E-state index contributed by atoms with van der Waals surface area (Å²) in [4.78, 5) is 23.7. The van der Waals surface area contributed by atoms with Gasteiger partial charge in [0, 0.05) is 5.02 Å². The maximum absolute atomic E-state index is 13.1. The van der Waals surface area contributed by atoms with Gasteiger partial charge in [-0.25, -0.2) is 4.90 Å². The summed E-state index contributed by atoms with van der Waals surface area (Å²) in [5.74, 6) is -3.52. The standard InChI is InChI=1S/C16H8Cl7NO2/c1-5-2-3-6(4-7(5)17)24-12(25)8-9(13(24)26)15(21)11(19)10(18)14(8,20)16(15,22)23/h2-4,8-9H,1H3/t8-,9-,14+,15+/m1/s1. The zero-order valence-electron chi connectivity index (χ0n) is 12.8. The van der Waals surface area contributed by atoms with Crippen LogP contribution in [0.2, 0.25) is 5.02 Å². The molecular weight excluding hydrogens is 486 g/mol. The first kappa shape index (κ1) is 19.4. The number of allylic oxidation sites excluding steroid dienone is 2. The smallest absolute Gasteiger partial charge is 0.240 e. The van der Waals surface area contributed by atoms with E-state index in [0.717, 1.165) is 10.5 Å². The van der Waals surface area contributed by atoms with Crippen molar-refractivity contribution in [3.8, 4) is 0 Å². The van der Waals surface area contributed by atoms with Gasteiger partial charge < -0.3 is 0 Å². The van der Waals surface area contributed by atoms with Gasteiger partial charge in [-0.15, -0.1) is 23.2 Å². The molecule has 1 aromatic rings. The van der Waals surface area contributed by atoms with Crippen LogP contribution in [0.3, 0.4) is 0 Å². The highest BCUT2D eigenvalue weighted by atomic mass is 35.5. The van der Waals surface area contributed by atoms with Crippen molar-refractivity contribution in [1.82, 2.24) is 0 Å². The maximum atomic E-state index is 13.1. The number of nitrogens with zero attached hydrogens (tertiary/aromatic N) is 1. The second-order valence-corrected chi connectivity index (χ2v) is 10.2. The monoisotopic (exact) mass is 491 g/mol. The number of amides is 2. The number of hydrogen-bond donors (Lipinski definition) is 0. The van der Waals surface area contributed by atoms with E-state index in [0.29, 0.717) is 10.7 Å². The lowest BCUT2D eigenvalue weighted by molar-refractivity contribution is -0.123. The average molecular weight is 494 g/mol. The first-order chi connectivity index (χ1) is 11.9. The summed E-state index contributed by atoms with van der Waals surface area (Å²) < 4.78 is -1.94. The molecule has 138 valence electrons. The number of fused-ring (bicyclic) bond motifs is 5. The molecule has 10 heteroatoms. The second kappa shape index (κ2) is 5.60. The molecule has 2 fully saturated rings. The highest BCUT2D eigenvalue weighted by molar-refractivity contribution is 6.67. The molecule has 4 atom stereocenters. The second-order valence-electron chi connectivity index (χ2n) is 6.53. The third kappa shape index (κ3) is 1.87. The van der Waals surface area contributed by atoms with E-state index in [4.69, 9.17) is 81.2 Å². The molecule has 2 aliphatic carbocycles. The summed E-state index contributed by atoms with van der Waals surface area (Å²) in [6, 6.07) is 4.81. The Hall–Kier alpha value is 0.130. The van der Waals surface area contributed by atoms with Gasteiger partial charge in [0.2, 0.25) is 11.8 Å². The number of carbonyl (C=O) groups excluding carboxylic acids is 2. The quantitative estimate of drug-likeness (QED) is 0.377. The normalized spacial score (nSPS) is 37.8. The first-order valence-corrected chi connectivity index (χ1v) is 10.0. The Kier molecular flexibility index (Phi) is 4.19. The van der Waals surface area contributed by atoms with E-state index in [2.05, 4.69) is 0 Å². The summed E-state index contributed by atoms with van der Waals surface area (Å²) in [5, 5.41) is 0.168. The van der Waals surface area contributed by atoms with Gasteiger partial charge in [-0.3, -0.25) is 9.59 Å². The first-order valence-electron chi connectivity index (χ1n) is 7.38. The topological polar surface area (TPSA) is 37.4 Å². The summed E-state index contributed by atoms with van der Waals surface area (Å²) in [7, 11) is 0. The fraction of sp³-hybridized carbons (Fsp3) is 0.375. The summed E-state index contributed by atoms with van der Waals surface area (Å²) in [5.41, 5.74) is 1.10. The molecule has 0 spiro atoms. The highest BCUT2D eigenvalue weighted by Gasteiger charge is 2.87. The van der Waals surface area contributed by atoms with Gasteiger partial charge in [-0.1, -0.05) is 64.1 Å². The number of halogens is 7. The van der Waals surface area contributed by atoms with Crippen LogP contribution in [-0.4, -0.2) is 25.9 Å². The SMILES string of the molecule is Cc1ccc(N2C(=O)[C@H]3[C@H](C2=O)[C@]2(Cl)C(Cl)=C(Cl)[C@]3(Cl)C2(Cl)Cl)cc1Cl.